The Morgan fingerprint density at radius 1 is 1.50 bits per heavy atom. The third-order valence-corrected chi connectivity index (χ3v) is 2.38. The van der Waals surface area contributed by atoms with Crippen LogP contribution in [-0.4, -0.2) is 17.7 Å². The van der Waals surface area contributed by atoms with E-state index < -0.39 is 5.97 Å². The largest absolute Gasteiger partial charge is 0.488 e. The Morgan fingerprint density at radius 2 is 2.31 bits per heavy atom. The number of benzene rings is 1. The summed E-state index contributed by atoms with van der Waals surface area (Å²) in [5.74, 6) is -0.213. The standard InChI is InChI=1S/C12H9ClO3/c13-10-2-3-11-9(6-10)5-8(7-16-11)1-4-12(14)15/h1-6H,7H2,(H,14,15). The zero-order valence-corrected chi connectivity index (χ0v) is 9.07. The normalized spacial score (nSPS) is 14.2. The highest BCUT2D eigenvalue weighted by Gasteiger charge is 2.09. The molecule has 0 bridgehead atoms. The van der Waals surface area contributed by atoms with Crippen LogP contribution in [0.2, 0.25) is 5.02 Å². The van der Waals surface area contributed by atoms with Crippen molar-refractivity contribution in [3.05, 3.63) is 46.5 Å². The molecule has 1 heterocycles. The number of aliphatic carboxylic acids is 1. The lowest BCUT2D eigenvalue weighted by molar-refractivity contribution is -0.131. The van der Waals surface area contributed by atoms with E-state index in [9.17, 15) is 4.79 Å². The lowest BCUT2D eigenvalue weighted by Gasteiger charge is -2.15. The van der Waals surface area contributed by atoms with Crippen molar-refractivity contribution in [3.8, 4) is 5.75 Å². The van der Waals surface area contributed by atoms with Crippen molar-refractivity contribution in [2.24, 2.45) is 0 Å². The maximum atomic E-state index is 10.4. The predicted molar refractivity (Wildman–Crippen MR) is 61.7 cm³/mol. The van der Waals surface area contributed by atoms with Gasteiger partial charge >= 0.3 is 5.97 Å². The predicted octanol–water partition coefficient (Wildman–Crippen LogP) is 2.76. The third kappa shape index (κ3) is 2.44. The van der Waals surface area contributed by atoms with Crippen molar-refractivity contribution in [2.75, 3.05) is 6.61 Å². The summed E-state index contributed by atoms with van der Waals surface area (Å²) < 4.78 is 5.45. The minimum Gasteiger partial charge on any atom is -0.488 e. The molecule has 0 radical (unpaired) electrons. The van der Waals surface area contributed by atoms with Crippen LogP contribution in [0.1, 0.15) is 5.56 Å². The fraction of sp³-hybridized carbons (Fsp3) is 0.0833. The van der Waals surface area contributed by atoms with E-state index in [1.807, 2.05) is 6.08 Å². The highest BCUT2D eigenvalue weighted by Crippen LogP contribution is 2.29. The number of carbonyl (C=O) groups is 1. The van der Waals surface area contributed by atoms with Crippen LogP contribution in [0.25, 0.3) is 6.08 Å². The van der Waals surface area contributed by atoms with E-state index in [1.54, 1.807) is 18.2 Å². The van der Waals surface area contributed by atoms with Gasteiger partial charge in [0, 0.05) is 16.7 Å². The Balaban J connectivity index is 2.30. The number of rotatable bonds is 2. The quantitative estimate of drug-likeness (QED) is 0.804. The second-order valence-corrected chi connectivity index (χ2v) is 3.80. The van der Waals surface area contributed by atoms with Crippen molar-refractivity contribution < 1.29 is 14.6 Å². The lowest BCUT2D eigenvalue weighted by Crippen LogP contribution is -2.06. The molecule has 0 atom stereocenters. The van der Waals surface area contributed by atoms with Crippen LogP contribution < -0.4 is 4.74 Å². The Morgan fingerprint density at radius 3 is 3.06 bits per heavy atom. The summed E-state index contributed by atoms with van der Waals surface area (Å²) in [5.41, 5.74) is 1.67. The van der Waals surface area contributed by atoms with Crippen molar-refractivity contribution in [1.29, 1.82) is 0 Å². The number of hydrogen-bond donors (Lipinski definition) is 1. The van der Waals surface area contributed by atoms with Gasteiger partial charge in [0.05, 0.1) is 0 Å². The Kier molecular flexibility index (Phi) is 2.97. The zero-order valence-electron chi connectivity index (χ0n) is 8.31. The number of carboxylic acids is 1. The van der Waals surface area contributed by atoms with Gasteiger partial charge in [-0.2, -0.15) is 0 Å². The molecule has 1 aliphatic heterocycles. The Hall–Kier alpha value is -1.74. The van der Waals surface area contributed by atoms with Gasteiger partial charge in [0.15, 0.2) is 0 Å². The fourth-order valence-corrected chi connectivity index (χ4v) is 1.62. The van der Waals surface area contributed by atoms with Gasteiger partial charge in [0.1, 0.15) is 12.4 Å². The molecule has 0 aromatic heterocycles. The van der Waals surface area contributed by atoms with Crippen LogP contribution in [-0.2, 0) is 4.79 Å². The Bertz CT molecular complexity index is 489. The van der Waals surface area contributed by atoms with E-state index in [0.717, 1.165) is 23.0 Å². The summed E-state index contributed by atoms with van der Waals surface area (Å²) in [6.07, 6.45) is 4.47. The second-order valence-electron chi connectivity index (χ2n) is 3.36. The van der Waals surface area contributed by atoms with Gasteiger partial charge in [-0.15, -0.1) is 0 Å². The van der Waals surface area contributed by atoms with E-state index in [0.29, 0.717) is 11.6 Å². The topological polar surface area (TPSA) is 46.5 Å². The van der Waals surface area contributed by atoms with Crippen LogP contribution in [0, 0.1) is 0 Å². The summed E-state index contributed by atoms with van der Waals surface area (Å²) in [7, 11) is 0. The van der Waals surface area contributed by atoms with E-state index in [4.69, 9.17) is 21.4 Å². The molecule has 0 spiro atoms. The van der Waals surface area contributed by atoms with Gasteiger partial charge < -0.3 is 9.84 Å². The van der Waals surface area contributed by atoms with Crippen molar-refractivity contribution in [3.63, 3.8) is 0 Å². The van der Waals surface area contributed by atoms with Crippen molar-refractivity contribution >= 4 is 23.6 Å². The van der Waals surface area contributed by atoms with E-state index in [2.05, 4.69) is 0 Å². The molecule has 1 aromatic rings. The second kappa shape index (κ2) is 4.41. The SMILES string of the molecule is O=C(O)C=CC1=Cc2cc(Cl)ccc2OC1. The molecule has 1 aliphatic rings. The number of hydrogen-bond acceptors (Lipinski definition) is 2. The van der Waals surface area contributed by atoms with E-state index in [-0.39, 0.29) is 0 Å². The molecule has 1 aromatic carbocycles. The molecule has 0 amide bonds. The molecular weight excluding hydrogens is 228 g/mol. The third-order valence-electron chi connectivity index (χ3n) is 2.15. The average Bonchev–Trinajstić information content (AvgIpc) is 2.25. The molecule has 82 valence electrons. The average molecular weight is 237 g/mol. The number of halogens is 1. The van der Waals surface area contributed by atoms with Crippen molar-refractivity contribution in [1.82, 2.24) is 0 Å². The molecule has 0 fully saturated rings. The summed E-state index contributed by atoms with van der Waals surface area (Å²) in [5, 5.41) is 9.13. The minimum absolute atomic E-state index is 0.373. The lowest BCUT2D eigenvalue weighted by atomic mass is 10.1. The maximum absolute atomic E-state index is 10.4. The van der Waals surface area contributed by atoms with Crippen LogP contribution in [0.15, 0.2) is 35.9 Å². The molecule has 0 saturated heterocycles. The van der Waals surface area contributed by atoms with E-state index in [1.165, 1.54) is 6.08 Å². The first kappa shape index (κ1) is 10.8. The molecule has 0 aliphatic carbocycles. The first-order valence-electron chi connectivity index (χ1n) is 4.69. The summed E-state index contributed by atoms with van der Waals surface area (Å²) >= 11 is 5.85. The fourth-order valence-electron chi connectivity index (χ4n) is 1.44. The summed E-state index contributed by atoms with van der Waals surface area (Å²) in [4.78, 5) is 10.4. The van der Waals surface area contributed by atoms with Gasteiger partial charge in [0.2, 0.25) is 0 Å². The summed E-state index contributed by atoms with van der Waals surface area (Å²) in [6, 6.07) is 5.34. The van der Waals surface area contributed by atoms with Crippen LogP contribution in [0.5, 0.6) is 5.75 Å². The Labute approximate surface area is 97.6 Å². The number of fused-ring (bicyclic) bond motifs is 1. The molecular formula is C12H9ClO3. The smallest absolute Gasteiger partial charge is 0.328 e. The molecule has 0 unspecified atom stereocenters. The van der Waals surface area contributed by atoms with E-state index >= 15 is 0 Å². The molecule has 1 N–H and O–H groups in total. The molecule has 4 heteroatoms. The molecule has 0 saturated carbocycles. The van der Waals surface area contributed by atoms with Gasteiger partial charge in [0.25, 0.3) is 0 Å². The summed E-state index contributed by atoms with van der Waals surface area (Å²) in [6.45, 7) is 0.373. The molecule has 16 heavy (non-hydrogen) atoms. The van der Waals surface area contributed by atoms with Crippen LogP contribution in [0.4, 0.5) is 0 Å². The molecule has 3 nitrogen and oxygen atoms in total. The van der Waals surface area contributed by atoms with Gasteiger partial charge in [-0.3, -0.25) is 0 Å². The number of ether oxygens (including phenoxy) is 1. The van der Waals surface area contributed by atoms with Crippen LogP contribution >= 0.6 is 11.6 Å². The minimum atomic E-state index is -0.974. The zero-order chi connectivity index (χ0) is 11.5. The number of carboxylic acid groups (broad SMARTS) is 1. The molecule has 2 rings (SSSR count). The van der Waals surface area contributed by atoms with Crippen LogP contribution in [0.3, 0.4) is 0 Å². The van der Waals surface area contributed by atoms with Gasteiger partial charge in [-0.25, -0.2) is 4.79 Å². The highest BCUT2D eigenvalue weighted by molar-refractivity contribution is 6.30. The highest BCUT2D eigenvalue weighted by atomic mass is 35.5. The maximum Gasteiger partial charge on any atom is 0.328 e. The first-order valence-corrected chi connectivity index (χ1v) is 5.07. The van der Waals surface area contributed by atoms with Crippen molar-refractivity contribution in [2.45, 2.75) is 0 Å². The first-order chi connectivity index (χ1) is 7.65. The van der Waals surface area contributed by atoms with Gasteiger partial charge in [-0.05, 0) is 35.9 Å². The van der Waals surface area contributed by atoms with Gasteiger partial charge in [-0.1, -0.05) is 11.6 Å². The monoisotopic (exact) mass is 236 g/mol.